The number of carbonyl (C=O) groups is 1. The summed E-state index contributed by atoms with van der Waals surface area (Å²) < 4.78 is 5.49. The highest BCUT2D eigenvalue weighted by molar-refractivity contribution is 5.99. The molecular weight excluding hydrogens is 382 g/mol. The average molecular weight is 412 g/mol. The van der Waals surface area contributed by atoms with Crippen molar-refractivity contribution in [3.05, 3.63) is 29.7 Å². The lowest BCUT2D eigenvalue weighted by Gasteiger charge is -2.39. The summed E-state index contributed by atoms with van der Waals surface area (Å²) in [6.07, 6.45) is 7.55. The lowest BCUT2D eigenvalue weighted by molar-refractivity contribution is -0.115. The normalized spacial score (nSPS) is 21.9. The number of hydrogen-bond donors (Lipinski definition) is 2. The van der Waals surface area contributed by atoms with Crippen molar-refractivity contribution in [2.45, 2.75) is 64.2 Å². The fraction of sp³-hybridized carbons (Fsp3) is 0.545. The van der Waals surface area contributed by atoms with E-state index in [9.17, 15) is 9.90 Å². The molecule has 1 aliphatic carbocycles. The molecule has 8 heteroatoms. The highest BCUT2D eigenvalue weighted by Gasteiger charge is 2.33. The quantitative estimate of drug-likeness (QED) is 0.798. The van der Waals surface area contributed by atoms with E-state index in [-0.39, 0.29) is 18.5 Å². The van der Waals surface area contributed by atoms with E-state index in [2.05, 4.69) is 20.2 Å². The maximum atomic E-state index is 12.3. The number of carbonyl (C=O) groups excluding carboxylic acids is 1. The number of nitrogens with zero attached hydrogens (tertiary/aromatic N) is 4. The highest BCUT2D eigenvalue weighted by Crippen LogP contribution is 2.35. The molecule has 3 heterocycles. The maximum absolute atomic E-state index is 12.3. The molecule has 1 saturated carbocycles. The number of fused-ring (bicyclic) bond motifs is 1. The van der Waals surface area contributed by atoms with Gasteiger partial charge in [-0.25, -0.2) is 9.97 Å². The maximum Gasteiger partial charge on any atom is 0.245 e. The zero-order chi connectivity index (χ0) is 21.5. The zero-order valence-electron chi connectivity index (χ0n) is 18.0. The summed E-state index contributed by atoms with van der Waals surface area (Å²) in [5, 5.41) is 13.1. The zero-order valence-corrected chi connectivity index (χ0v) is 18.0. The van der Waals surface area contributed by atoms with Crippen LogP contribution in [0, 0.1) is 6.92 Å². The van der Waals surface area contributed by atoms with E-state index in [0.717, 1.165) is 36.8 Å². The van der Waals surface area contributed by atoms with Gasteiger partial charge in [-0.1, -0.05) is 0 Å². The van der Waals surface area contributed by atoms with E-state index < -0.39 is 5.60 Å². The molecule has 30 heavy (non-hydrogen) atoms. The van der Waals surface area contributed by atoms with Crippen molar-refractivity contribution >= 4 is 17.5 Å². The first-order valence-corrected chi connectivity index (χ1v) is 10.4. The van der Waals surface area contributed by atoms with E-state index in [1.807, 2.05) is 13.0 Å². The molecule has 160 valence electrons. The SMILES string of the molecule is COC1CCC(N2CC(=O)Nc3ncc(-c4cnc(C(C)(C)O)cc4C)nc32)CC1. The summed E-state index contributed by atoms with van der Waals surface area (Å²) in [7, 11) is 1.76. The molecule has 2 N–H and O–H groups in total. The van der Waals surface area contributed by atoms with Gasteiger partial charge in [0.25, 0.3) is 0 Å². The van der Waals surface area contributed by atoms with Crippen molar-refractivity contribution in [1.29, 1.82) is 0 Å². The Hall–Kier alpha value is -2.58. The molecule has 8 nitrogen and oxygen atoms in total. The molecule has 0 bridgehead atoms. The third-order valence-electron chi connectivity index (χ3n) is 6.03. The first kappa shape index (κ1) is 20.7. The van der Waals surface area contributed by atoms with Crippen LogP contribution in [-0.2, 0) is 15.1 Å². The highest BCUT2D eigenvalue weighted by atomic mass is 16.5. The van der Waals surface area contributed by atoms with Gasteiger partial charge >= 0.3 is 0 Å². The number of rotatable bonds is 4. The number of amides is 1. The molecule has 0 atom stereocenters. The fourth-order valence-corrected chi connectivity index (χ4v) is 4.25. The minimum absolute atomic E-state index is 0.0641. The van der Waals surface area contributed by atoms with Crippen LogP contribution in [0.3, 0.4) is 0 Å². The summed E-state index contributed by atoms with van der Waals surface area (Å²) in [6, 6.07) is 2.12. The molecule has 0 spiro atoms. The number of anilines is 2. The van der Waals surface area contributed by atoms with Crippen molar-refractivity contribution in [3.63, 3.8) is 0 Å². The molecule has 4 rings (SSSR count). The largest absolute Gasteiger partial charge is 0.384 e. The Morgan fingerprint density at radius 1 is 1.20 bits per heavy atom. The molecule has 2 aliphatic rings. The second-order valence-corrected chi connectivity index (χ2v) is 8.71. The van der Waals surface area contributed by atoms with Gasteiger partial charge in [-0.05, 0) is 58.1 Å². The number of methoxy groups -OCH3 is 1. The monoisotopic (exact) mass is 411 g/mol. The number of pyridine rings is 1. The first-order valence-electron chi connectivity index (χ1n) is 10.4. The molecule has 1 amide bonds. The summed E-state index contributed by atoms with van der Waals surface area (Å²) in [6.45, 7) is 5.68. The Bertz CT molecular complexity index is 948. The lowest BCUT2D eigenvalue weighted by atomic mass is 9.91. The molecule has 1 aliphatic heterocycles. The Kier molecular flexibility index (Phi) is 5.46. The van der Waals surface area contributed by atoms with Crippen LogP contribution in [0.4, 0.5) is 11.6 Å². The molecular formula is C22H29N5O3. The predicted molar refractivity (Wildman–Crippen MR) is 114 cm³/mol. The van der Waals surface area contributed by atoms with Gasteiger partial charge in [0.05, 0.1) is 30.2 Å². The number of hydrogen-bond acceptors (Lipinski definition) is 7. The van der Waals surface area contributed by atoms with E-state index in [1.165, 1.54) is 0 Å². The lowest BCUT2D eigenvalue weighted by Crippen LogP contribution is -2.47. The van der Waals surface area contributed by atoms with Crippen LogP contribution in [0.5, 0.6) is 0 Å². The molecule has 1 fully saturated rings. The van der Waals surface area contributed by atoms with Crippen LogP contribution in [0.25, 0.3) is 11.3 Å². The van der Waals surface area contributed by atoms with E-state index in [0.29, 0.717) is 29.1 Å². The summed E-state index contributed by atoms with van der Waals surface area (Å²) in [5.74, 6) is 1.15. The Labute approximate surface area is 176 Å². The van der Waals surface area contributed by atoms with E-state index in [1.54, 1.807) is 33.4 Å². The summed E-state index contributed by atoms with van der Waals surface area (Å²) in [4.78, 5) is 28.1. The number of nitrogens with one attached hydrogen (secondary N) is 1. The molecule has 0 radical (unpaired) electrons. The molecule has 0 unspecified atom stereocenters. The van der Waals surface area contributed by atoms with Crippen LogP contribution in [0.2, 0.25) is 0 Å². The summed E-state index contributed by atoms with van der Waals surface area (Å²) >= 11 is 0. The van der Waals surface area contributed by atoms with Crippen LogP contribution >= 0.6 is 0 Å². The topological polar surface area (TPSA) is 100 Å². The van der Waals surface area contributed by atoms with Crippen LogP contribution in [-0.4, -0.2) is 51.8 Å². The molecule has 2 aromatic rings. The van der Waals surface area contributed by atoms with Gasteiger partial charge in [0, 0.05) is 24.9 Å². The van der Waals surface area contributed by atoms with Gasteiger partial charge in [0.1, 0.15) is 5.60 Å². The van der Waals surface area contributed by atoms with Gasteiger partial charge in [0.15, 0.2) is 11.6 Å². The third-order valence-corrected chi connectivity index (χ3v) is 6.03. The average Bonchev–Trinajstić information content (AvgIpc) is 2.72. The number of aromatic nitrogens is 3. The van der Waals surface area contributed by atoms with Gasteiger partial charge in [-0.3, -0.25) is 9.78 Å². The minimum Gasteiger partial charge on any atom is -0.384 e. The van der Waals surface area contributed by atoms with Crippen molar-refractivity contribution in [3.8, 4) is 11.3 Å². The van der Waals surface area contributed by atoms with Gasteiger partial charge in [0.2, 0.25) is 5.91 Å². The van der Waals surface area contributed by atoms with E-state index >= 15 is 0 Å². The van der Waals surface area contributed by atoms with Crippen LogP contribution < -0.4 is 10.2 Å². The Morgan fingerprint density at radius 2 is 1.93 bits per heavy atom. The van der Waals surface area contributed by atoms with Crippen LogP contribution in [0.15, 0.2) is 18.5 Å². The number of ether oxygens (including phenoxy) is 1. The second-order valence-electron chi connectivity index (χ2n) is 8.71. The molecule has 0 saturated heterocycles. The second kappa shape index (κ2) is 7.92. The summed E-state index contributed by atoms with van der Waals surface area (Å²) in [5.41, 5.74) is 2.13. The number of aliphatic hydroxyl groups is 1. The predicted octanol–water partition coefficient (Wildman–Crippen LogP) is 2.79. The third kappa shape index (κ3) is 4.02. The van der Waals surface area contributed by atoms with Gasteiger partial charge < -0.3 is 20.1 Å². The first-order chi connectivity index (χ1) is 14.3. The van der Waals surface area contributed by atoms with Crippen molar-refractivity contribution in [2.75, 3.05) is 23.9 Å². The minimum atomic E-state index is -1.01. The molecule has 0 aromatic carbocycles. The van der Waals surface area contributed by atoms with Crippen molar-refractivity contribution in [2.24, 2.45) is 0 Å². The fourth-order valence-electron chi connectivity index (χ4n) is 4.25. The van der Waals surface area contributed by atoms with E-state index in [4.69, 9.17) is 9.72 Å². The number of aryl methyl sites for hydroxylation is 1. The van der Waals surface area contributed by atoms with Gasteiger partial charge in [-0.2, -0.15) is 0 Å². The molecule has 2 aromatic heterocycles. The Balaban J connectivity index is 1.67. The standard InChI is InChI=1S/C22H29N5O3/c1-13-9-18(22(2,3)29)23-10-16(13)17-11-24-20-21(25-17)27(12-19(28)26-20)14-5-7-15(30-4)8-6-14/h9-11,14-15,29H,5-8,12H2,1-4H3,(H,24,26,28). The van der Waals surface area contributed by atoms with Crippen molar-refractivity contribution < 1.29 is 14.6 Å². The van der Waals surface area contributed by atoms with Crippen molar-refractivity contribution in [1.82, 2.24) is 15.0 Å². The van der Waals surface area contributed by atoms with Gasteiger partial charge in [-0.15, -0.1) is 0 Å². The van der Waals surface area contributed by atoms with Crippen LogP contribution in [0.1, 0.15) is 50.8 Å². The Morgan fingerprint density at radius 3 is 2.57 bits per heavy atom. The smallest absolute Gasteiger partial charge is 0.245 e.